The van der Waals surface area contributed by atoms with Crippen molar-refractivity contribution >= 4 is 23.7 Å². The fraction of sp³-hybridized carbons (Fsp3) is 0.259. The molecule has 0 aromatic heterocycles. The summed E-state index contributed by atoms with van der Waals surface area (Å²) in [5, 5.41) is 15.7. The summed E-state index contributed by atoms with van der Waals surface area (Å²) in [5.41, 5.74) is -7.69. The zero-order chi connectivity index (χ0) is 29.6. The van der Waals surface area contributed by atoms with Crippen molar-refractivity contribution in [1.82, 2.24) is 5.01 Å². The van der Waals surface area contributed by atoms with Crippen LogP contribution < -0.4 is 16.4 Å². The molecular formula is C27H30ClF4N5O2. The number of hydrazine groups is 1. The number of aliphatic hydroxyl groups is 1. The molecule has 0 amide bonds. The highest BCUT2D eigenvalue weighted by atomic mass is 35.5. The molecule has 1 aromatic rings. The van der Waals surface area contributed by atoms with Crippen molar-refractivity contribution in [3.63, 3.8) is 0 Å². The van der Waals surface area contributed by atoms with Gasteiger partial charge in [-0.05, 0) is 55.0 Å². The third kappa shape index (κ3) is 9.14. The maximum absolute atomic E-state index is 16.4. The second-order valence-electron chi connectivity index (χ2n) is 7.95. The van der Waals surface area contributed by atoms with Crippen molar-refractivity contribution in [2.24, 2.45) is 21.8 Å². The van der Waals surface area contributed by atoms with Crippen molar-refractivity contribution in [3.8, 4) is 17.6 Å². The van der Waals surface area contributed by atoms with Crippen LogP contribution in [0.5, 0.6) is 5.75 Å². The predicted octanol–water partition coefficient (Wildman–Crippen LogP) is 4.67. The summed E-state index contributed by atoms with van der Waals surface area (Å²) in [4.78, 5) is 3.75. The Labute approximate surface area is 230 Å². The highest BCUT2D eigenvalue weighted by Crippen LogP contribution is 2.38. The minimum absolute atomic E-state index is 0.00637. The van der Waals surface area contributed by atoms with Crippen LogP contribution in [0.4, 0.5) is 17.6 Å². The lowest BCUT2D eigenvalue weighted by atomic mass is 9.75. The first kappa shape index (κ1) is 33.2. The van der Waals surface area contributed by atoms with Gasteiger partial charge in [-0.15, -0.1) is 0 Å². The standard InChI is InChI=1S/C27H30ClF4N5O2/c1-5-22(30)15-24(31)20(3)27(38,17-37(34)18-36-33)26(32,16-29)25(35-4)13-8-19(2)7-6-14-39-23-11-9-21(28)10-12-23/h5,8-13,15,18,38H,1-2,14,16-17,33-34H2,3-4H3/b13-8-,22-15+,24-20-,35-25+,36-18-. The summed E-state index contributed by atoms with van der Waals surface area (Å²) in [6.45, 7) is 4.97. The van der Waals surface area contributed by atoms with E-state index in [1.54, 1.807) is 24.3 Å². The first-order valence-electron chi connectivity index (χ1n) is 11.2. The van der Waals surface area contributed by atoms with Crippen molar-refractivity contribution in [2.45, 2.75) is 18.2 Å². The Morgan fingerprint density at radius 1 is 1.28 bits per heavy atom. The average Bonchev–Trinajstić information content (AvgIpc) is 2.91. The number of hydrogen-bond acceptors (Lipinski definition) is 6. The normalized spacial score (nSPS) is 16.1. The van der Waals surface area contributed by atoms with Crippen LogP contribution in [0.15, 0.2) is 94.6 Å². The van der Waals surface area contributed by atoms with Gasteiger partial charge in [0.1, 0.15) is 42.6 Å². The van der Waals surface area contributed by atoms with Crippen LogP contribution in [0.1, 0.15) is 6.92 Å². The molecule has 0 spiro atoms. The SMILES string of the molecule is C=C/C(F)=C\C(F)=C(/C)C(O)(CN(N)/C=N\N)C(F)(CF)C(/C=C\C(=C)C#CCOc1ccc(Cl)cc1)=N/C. The van der Waals surface area contributed by atoms with Crippen LogP contribution in [-0.4, -0.2) is 60.3 Å². The molecule has 12 heteroatoms. The van der Waals surface area contributed by atoms with Crippen molar-refractivity contribution in [2.75, 3.05) is 26.9 Å². The Hall–Kier alpha value is -3.85. The number of rotatable bonds is 13. The predicted molar refractivity (Wildman–Crippen MR) is 148 cm³/mol. The molecule has 2 unspecified atom stereocenters. The maximum Gasteiger partial charge on any atom is 0.214 e. The number of aliphatic imine (C=N–C) groups is 1. The monoisotopic (exact) mass is 567 g/mol. The minimum Gasteiger partial charge on any atom is -0.481 e. The molecule has 0 saturated heterocycles. The van der Waals surface area contributed by atoms with Gasteiger partial charge >= 0.3 is 0 Å². The number of alkyl halides is 2. The smallest absolute Gasteiger partial charge is 0.214 e. The van der Waals surface area contributed by atoms with Gasteiger partial charge in [0.15, 0.2) is 0 Å². The fourth-order valence-corrected chi connectivity index (χ4v) is 3.34. The average molecular weight is 568 g/mol. The number of hydrogen-bond donors (Lipinski definition) is 3. The number of ether oxygens (including phenoxy) is 1. The van der Waals surface area contributed by atoms with Crippen LogP contribution in [0, 0.1) is 11.8 Å². The minimum atomic E-state index is -3.39. The zero-order valence-corrected chi connectivity index (χ0v) is 22.2. The molecule has 0 radical (unpaired) electrons. The van der Waals surface area contributed by atoms with Gasteiger partial charge in [-0.2, -0.15) is 5.10 Å². The van der Waals surface area contributed by atoms with Gasteiger partial charge in [-0.3, -0.25) is 10.0 Å². The molecular weight excluding hydrogens is 538 g/mol. The summed E-state index contributed by atoms with van der Waals surface area (Å²) < 4.78 is 64.8. The Bertz CT molecular complexity index is 1230. The fourth-order valence-electron chi connectivity index (χ4n) is 3.21. The third-order valence-corrected chi connectivity index (χ3v) is 5.62. The van der Waals surface area contributed by atoms with Gasteiger partial charge in [0.2, 0.25) is 5.67 Å². The number of benzene rings is 1. The Morgan fingerprint density at radius 3 is 2.46 bits per heavy atom. The van der Waals surface area contributed by atoms with Crippen LogP contribution >= 0.6 is 11.6 Å². The number of halogens is 5. The quantitative estimate of drug-likeness (QED) is 0.0610. The van der Waals surface area contributed by atoms with E-state index in [9.17, 15) is 18.3 Å². The molecule has 0 saturated carbocycles. The van der Waals surface area contributed by atoms with Gasteiger partial charge in [0.25, 0.3) is 0 Å². The van der Waals surface area contributed by atoms with E-state index >= 15 is 4.39 Å². The lowest BCUT2D eigenvalue weighted by Gasteiger charge is -2.42. The van der Waals surface area contributed by atoms with E-state index in [0.717, 1.165) is 26.4 Å². The van der Waals surface area contributed by atoms with E-state index in [0.29, 0.717) is 27.9 Å². The highest BCUT2D eigenvalue weighted by Gasteiger charge is 2.57. The Balaban J connectivity index is 3.35. The maximum atomic E-state index is 16.4. The zero-order valence-electron chi connectivity index (χ0n) is 21.5. The second kappa shape index (κ2) is 15.5. The largest absolute Gasteiger partial charge is 0.481 e. The topological polar surface area (TPSA) is 109 Å². The van der Waals surface area contributed by atoms with Crippen molar-refractivity contribution < 1.29 is 27.4 Å². The first-order chi connectivity index (χ1) is 18.4. The van der Waals surface area contributed by atoms with E-state index in [4.69, 9.17) is 28.0 Å². The summed E-state index contributed by atoms with van der Waals surface area (Å²) in [6.07, 6.45) is 4.07. The lowest BCUT2D eigenvalue weighted by Crippen LogP contribution is -2.64. The third-order valence-electron chi connectivity index (χ3n) is 5.37. The van der Waals surface area contributed by atoms with E-state index in [1.807, 2.05) is 0 Å². The molecule has 0 fully saturated rings. The molecule has 0 aliphatic rings. The molecule has 0 bridgehead atoms. The molecule has 5 N–H and O–H groups in total. The molecule has 0 aliphatic carbocycles. The molecule has 39 heavy (non-hydrogen) atoms. The van der Waals surface area contributed by atoms with E-state index < -0.39 is 47.4 Å². The summed E-state index contributed by atoms with van der Waals surface area (Å²) >= 11 is 5.82. The van der Waals surface area contributed by atoms with Crippen LogP contribution in [-0.2, 0) is 0 Å². The van der Waals surface area contributed by atoms with Gasteiger partial charge < -0.3 is 15.7 Å². The number of allylic oxidation sites excluding steroid dienone is 7. The molecule has 210 valence electrons. The number of nitrogens with zero attached hydrogens (tertiary/aromatic N) is 3. The van der Waals surface area contributed by atoms with Crippen molar-refractivity contribution in [3.05, 3.63) is 89.6 Å². The molecule has 1 rings (SSSR count). The van der Waals surface area contributed by atoms with Gasteiger partial charge in [0, 0.05) is 23.7 Å². The first-order valence-corrected chi connectivity index (χ1v) is 11.6. The summed E-state index contributed by atoms with van der Waals surface area (Å²) in [5.74, 6) is 14.1. The van der Waals surface area contributed by atoms with E-state index in [1.165, 1.54) is 6.08 Å². The van der Waals surface area contributed by atoms with Crippen LogP contribution in [0.2, 0.25) is 5.02 Å². The lowest BCUT2D eigenvalue weighted by molar-refractivity contribution is -0.0594. The summed E-state index contributed by atoms with van der Waals surface area (Å²) in [6, 6.07) is 6.61. The number of hydrazone groups is 1. The molecule has 2 atom stereocenters. The van der Waals surface area contributed by atoms with Gasteiger partial charge in [-0.1, -0.05) is 36.6 Å². The molecule has 0 aliphatic heterocycles. The molecule has 1 aromatic carbocycles. The Morgan fingerprint density at radius 2 is 1.92 bits per heavy atom. The summed E-state index contributed by atoms with van der Waals surface area (Å²) in [7, 11) is 1.13. The van der Waals surface area contributed by atoms with Crippen LogP contribution in [0.3, 0.4) is 0 Å². The van der Waals surface area contributed by atoms with E-state index in [-0.39, 0.29) is 12.2 Å². The van der Waals surface area contributed by atoms with Gasteiger partial charge in [-0.25, -0.2) is 23.4 Å². The highest BCUT2D eigenvalue weighted by molar-refractivity contribution is 6.30. The second-order valence-corrected chi connectivity index (χ2v) is 8.39. The molecule has 0 heterocycles. The number of nitrogens with two attached hydrogens (primary N) is 2. The van der Waals surface area contributed by atoms with Crippen LogP contribution in [0.25, 0.3) is 0 Å². The molecule has 7 nitrogen and oxygen atoms in total. The van der Waals surface area contributed by atoms with E-state index in [2.05, 4.69) is 35.1 Å². The van der Waals surface area contributed by atoms with Crippen molar-refractivity contribution in [1.29, 1.82) is 0 Å². The van der Waals surface area contributed by atoms with Gasteiger partial charge in [0.05, 0.1) is 12.3 Å². The Kier molecular flexibility index (Phi) is 13.2.